The average Bonchev–Trinajstić information content (AvgIpc) is 3.32. The quantitative estimate of drug-likeness (QED) is 0.440. The molecule has 2 aromatic heterocycles. The normalized spacial score (nSPS) is 11.4. The van der Waals surface area contributed by atoms with E-state index in [0.29, 0.717) is 24.1 Å². The molecule has 0 saturated carbocycles. The number of aromatic nitrogens is 2. The minimum atomic E-state index is -3.84. The summed E-state index contributed by atoms with van der Waals surface area (Å²) >= 11 is 1.39. The highest BCUT2D eigenvalue weighted by molar-refractivity contribution is 7.90. The Labute approximate surface area is 179 Å². The summed E-state index contributed by atoms with van der Waals surface area (Å²) in [5.41, 5.74) is 4.67. The van der Waals surface area contributed by atoms with Crippen LogP contribution in [0.2, 0.25) is 0 Å². The summed E-state index contributed by atoms with van der Waals surface area (Å²) in [6, 6.07) is 12.4. The topological polar surface area (TPSA) is 89.3 Å². The predicted molar refractivity (Wildman–Crippen MR) is 121 cm³/mol. The predicted octanol–water partition coefficient (Wildman–Crippen LogP) is 5.23. The number of fused-ring (bicyclic) bond motifs is 2. The van der Waals surface area contributed by atoms with Crippen molar-refractivity contribution in [1.82, 2.24) is 8.96 Å². The number of benzene rings is 2. The third kappa shape index (κ3) is 4.24. The summed E-state index contributed by atoms with van der Waals surface area (Å²) in [6.07, 6.45) is 0.726. The molecule has 1 N–H and O–H groups in total. The Morgan fingerprint density at radius 2 is 1.90 bits per heavy atom. The van der Waals surface area contributed by atoms with Crippen LogP contribution in [0.4, 0.5) is 0 Å². The van der Waals surface area contributed by atoms with E-state index in [1.807, 2.05) is 39.0 Å². The number of aliphatic carboxylic acids is 1. The standard InChI is InChI=1S/C20H18N2O4S2.C2H6/c1-13-5-8-18-14(9-13)10-15(3-2-4-20(23)24)22(18)28(25,26)16-6-7-17-19(11-16)27-12-21-17;1-2/h5-12H,2-4H2,1H3,(H,23,24);1-2H3. The van der Waals surface area contributed by atoms with Crippen molar-refractivity contribution in [3.8, 4) is 0 Å². The third-order valence-corrected chi connectivity index (χ3v) is 7.20. The SMILES string of the molecule is CC.Cc1ccc2c(c1)cc(CCCC(=O)O)n2S(=O)(=O)c1ccc2ncsc2c1. The second kappa shape index (κ2) is 8.97. The lowest BCUT2D eigenvalue weighted by Gasteiger charge is -2.12. The Hall–Kier alpha value is -2.71. The summed E-state index contributed by atoms with van der Waals surface area (Å²) in [6.45, 7) is 5.95. The van der Waals surface area contributed by atoms with Crippen LogP contribution in [0.1, 0.15) is 37.9 Å². The Morgan fingerprint density at radius 3 is 2.63 bits per heavy atom. The van der Waals surface area contributed by atoms with Crippen molar-refractivity contribution >= 4 is 48.4 Å². The Kier molecular flexibility index (Phi) is 6.58. The molecular weight excluding hydrogens is 420 g/mol. The zero-order valence-electron chi connectivity index (χ0n) is 17.1. The van der Waals surface area contributed by atoms with E-state index in [4.69, 9.17) is 5.11 Å². The van der Waals surface area contributed by atoms with Gasteiger partial charge in [-0.2, -0.15) is 0 Å². The van der Waals surface area contributed by atoms with Crippen LogP contribution in [-0.2, 0) is 21.2 Å². The summed E-state index contributed by atoms with van der Waals surface area (Å²) in [4.78, 5) is 15.3. The van der Waals surface area contributed by atoms with E-state index in [1.165, 1.54) is 15.3 Å². The molecule has 6 nitrogen and oxygen atoms in total. The molecule has 0 atom stereocenters. The third-order valence-electron chi connectivity index (χ3n) is 4.65. The molecule has 0 bridgehead atoms. The van der Waals surface area contributed by atoms with Crippen molar-refractivity contribution in [2.75, 3.05) is 0 Å². The number of aryl methyl sites for hydroxylation is 2. The fourth-order valence-corrected chi connectivity index (χ4v) is 5.73. The first-order chi connectivity index (χ1) is 14.4. The Balaban J connectivity index is 0.00000124. The number of carboxylic acids is 1. The van der Waals surface area contributed by atoms with Crippen LogP contribution in [0.5, 0.6) is 0 Å². The van der Waals surface area contributed by atoms with E-state index < -0.39 is 16.0 Å². The van der Waals surface area contributed by atoms with E-state index in [2.05, 4.69) is 4.98 Å². The van der Waals surface area contributed by atoms with E-state index in [1.54, 1.807) is 29.8 Å². The maximum absolute atomic E-state index is 13.5. The smallest absolute Gasteiger partial charge is 0.303 e. The van der Waals surface area contributed by atoms with Crippen molar-refractivity contribution in [3.05, 3.63) is 59.2 Å². The number of nitrogens with zero attached hydrogens (tertiary/aromatic N) is 2. The molecule has 0 aliphatic carbocycles. The molecule has 2 aromatic carbocycles. The lowest BCUT2D eigenvalue weighted by atomic mass is 10.1. The first-order valence-corrected chi connectivity index (χ1v) is 12.1. The number of hydrogen-bond donors (Lipinski definition) is 1. The average molecular weight is 445 g/mol. The summed E-state index contributed by atoms with van der Waals surface area (Å²) in [5, 5.41) is 9.75. The lowest BCUT2D eigenvalue weighted by Crippen LogP contribution is -2.16. The van der Waals surface area contributed by atoms with Gasteiger partial charge in [-0.25, -0.2) is 17.4 Å². The van der Waals surface area contributed by atoms with Crippen LogP contribution in [0, 0.1) is 6.92 Å². The van der Waals surface area contributed by atoms with Gasteiger partial charge in [0, 0.05) is 17.5 Å². The maximum atomic E-state index is 13.5. The second-order valence-electron chi connectivity index (χ2n) is 6.70. The van der Waals surface area contributed by atoms with Gasteiger partial charge in [0.1, 0.15) is 0 Å². The molecule has 0 spiro atoms. The van der Waals surface area contributed by atoms with Gasteiger partial charge >= 0.3 is 5.97 Å². The molecule has 8 heteroatoms. The highest BCUT2D eigenvalue weighted by Crippen LogP contribution is 2.29. The first kappa shape index (κ1) is 22.0. The zero-order chi connectivity index (χ0) is 21.9. The minimum absolute atomic E-state index is 0.00652. The molecule has 0 unspecified atom stereocenters. The van der Waals surface area contributed by atoms with Crippen molar-refractivity contribution in [2.24, 2.45) is 0 Å². The minimum Gasteiger partial charge on any atom is -0.481 e. The molecule has 0 aliphatic heterocycles. The van der Waals surface area contributed by atoms with Gasteiger partial charge in [-0.3, -0.25) is 4.79 Å². The molecule has 0 saturated heterocycles. The summed E-state index contributed by atoms with van der Waals surface area (Å²) < 4.78 is 29.2. The second-order valence-corrected chi connectivity index (χ2v) is 9.37. The van der Waals surface area contributed by atoms with Crippen molar-refractivity contribution in [3.63, 3.8) is 0 Å². The van der Waals surface area contributed by atoms with Crippen molar-refractivity contribution < 1.29 is 18.3 Å². The largest absolute Gasteiger partial charge is 0.481 e. The molecule has 0 fully saturated rings. The molecule has 0 radical (unpaired) electrons. The Morgan fingerprint density at radius 1 is 1.13 bits per heavy atom. The summed E-state index contributed by atoms with van der Waals surface area (Å²) in [7, 11) is -3.84. The molecule has 4 rings (SSSR count). The van der Waals surface area contributed by atoms with Crippen LogP contribution in [0.3, 0.4) is 0 Å². The van der Waals surface area contributed by atoms with Gasteiger partial charge in [0.2, 0.25) is 0 Å². The number of carbonyl (C=O) groups is 1. The van der Waals surface area contributed by atoms with Crippen LogP contribution in [0.15, 0.2) is 52.9 Å². The number of rotatable bonds is 6. The fraction of sp³-hybridized carbons (Fsp3) is 0.273. The van der Waals surface area contributed by atoms with Crippen LogP contribution in [0.25, 0.3) is 21.1 Å². The van der Waals surface area contributed by atoms with Gasteiger partial charge in [0.15, 0.2) is 0 Å². The van der Waals surface area contributed by atoms with E-state index in [9.17, 15) is 13.2 Å². The molecule has 0 aliphatic rings. The number of carboxylic acid groups (broad SMARTS) is 1. The number of hydrogen-bond acceptors (Lipinski definition) is 5. The van der Waals surface area contributed by atoms with Crippen LogP contribution in [-0.4, -0.2) is 28.5 Å². The molecular formula is C22H24N2O4S2. The van der Waals surface area contributed by atoms with Crippen molar-refractivity contribution in [2.45, 2.75) is 44.9 Å². The van der Waals surface area contributed by atoms with Gasteiger partial charge in [0.25, 0.3) is 10.0 Å². The monoisotopic (exact) mass is 444 g/mol. The first-order valence-electron chi connectivity index (χ1n) is 9.78. The van der Waals surface area contributed by atoms with Gasteiger partial charge in [0.05, 0.1) is 26.1 Å². The van der Waals surface area contributed by atoms with Gasteiger partial charge < -0.3 is 5.11 Å². The van der Waals surface area contributed by atoms with E-state index in [0.717, 1.165) is 21.2 Å². The van der Waals surface area contributed by atoms with Gasteiger partial charge in [-0.1, -0.05) is 25.5 Å². The number of thiazole rings is 1. The molecule has 2 heterocycles. The fourth-order valence-electron chi connectivity index (χ4n) is 3.35. The maximum Gasteiger partial charge on any atom is 0.303 e. The Bertz CT molecular complexity index is 1300. The summed E-state index contributed by atoms with van der Waals surface area (Å²) in [5.74, 6) is -0.892. The van der Waals surface area contributed by atoms with Crippen LogP contribution < -0.4 is 0 Å². The van der Waals surface area contributed by atoms with E-state index >= 15 is 0 Å². The van der Waals surface area contributed by atoms with Crippen LogP contribution >= 0.6 is 11.3 Å². The van der Waals surface area contributed by atoms with E-state index in [-0.39, 0.29) is 11.3 Å². The molecule has 0 amide bonds. The molecule has 158 valence electrons. The van der Waals surface area contributed by atoms with Gasteiger partial charge in [-0.05, 0) is 56.2 Å². The van der Waals surface area contributed by atoms with Gasteiger partial charge in [-0.15, -0.1) is 11.3 Å². The van der Waals surface area contributed by atoms with Crippen molar-refractivity contribution in [1.29, 1.82) is 0 Å². The molecule has 30 heavy (non-hydrogen) atoms. The lowest BCUT2D eigenvalue weighted by molar-refractivity contribution is -0.137. The highest BCUT2D eigenvalue weighted by Gasteiger charge is 2.23. The highest BCUT2D eigenvalue weighted by atomic mass is 32.2. The zero-order valence-corrected chi connectivity index (χ0v) is 18.8. The molecule has 4 aromatic rings.